The Balaban J connectivity index is 4.74. The van der Waals surface area contributed by atoms with Crippen LogP contribution in [-0.2, 0) is 9.53 Å². The summed E-state index contributed by atoms with van der Waals surface area (Å²) >= 11 is 8.07. The SMILES string of the molecule is CCOC(C)(C)C(=O)C(C)(C)SC(=S)SC. The number of rotatable bonds is 5. The smallest absolute Gasteiger partial charge is 0.179 e. The fourth-order valence-electron chi connectivity index (χ4n) is 1.45. The monoisotopic (exact) mass is 280 g/mol. The van der Waals surface area contributed by atoms with Crippen LogP contribution in [0, 0.1) is 0 Å². The molecule has 0 aliphatic carbocycles. The third-order valence-corrected chi connectivity index (χ3v) is 4.80. The Labute approximate surface area is 112 Å². The van der Waals surface area contributed by atoms with Crippen LogP contribution < -0.4 is 0 Å². The number of hydrogen-bond donors (Lipinski definition) is 0. The van der Waals surface area contributed by atoms with Crippen molar-refractivity contribution in [2.75, 3.05) is 12.9 Å². The Kier molecular flexibility index (Phi) is 6.55. The van der Waals surface area contributed by atoms with Crippen LogP contribution in [0.2, 0.25) is 0 Å². The molecular weight excluding hydrogens is 260 g/mol. The largest absolute Gasteiger partial charge is 0.368 e. The van der Waals surface area contributed by atoms with Gasteiger partial charge in [0.2, 0.25) is 0 Å². The molecule has 0 aromatic heterocycles. The molecule has 16 heavy (non-hydrogen) atoms. The number of ketones is 1. The van der Waals surface area contributed by atoms with E-state index in [0.29, 0.717) is 6.61 Å². The third kappa shape index (κ3) is 4.73. The maximum atomic E-state index is 12.3. The van der Waals surface area contributed by atoms with E-state index in [1.54, 1.807) is 0 Å². The van der Waals surface area contributed by atoms with Crippen LogP contribution in [0.1, 0.15) is 34.6 Å². The van der Waals surface area contributed by atoms with Crippen molar-refractivity contribution in [3.63, 3.8) is 0 Å². The zero-order valence-corrected chi connectivity index (χ0v) is 13.2. The van der Waals surface area contributed by atoms with E-state index in [-0.39, 0.29) is 5.78 Å². The van der Waals surface area contributed by atoms with Gasteiger partial charge in [0.25, 0.3) is 0 Å². The summed E-state index contributed by atoms with van der Waals surface area (Å²) in [7, 11) is 0. The highest BCUT2D eigenvalue weighted by molar-refractivity contribution is 8.47. The number of ether oxygens (including phenoxy) is 1. The highest BCUT2D eigenvalue weighted by Gasteiger charge is 2.40. The lowest BCUT2D eigenvalue weighted by Gasteiger charge is -2.32. The molecule has 0 heterocycles. The summed E-state index contributed by atoms with van der Waals surface area (Å²) < 4.78 is 5.72. The minimum Gasteiger partial charge on any atom is -0.368 e. The van der Waals surface area contributed by atoms with Crippen LogP contribution in [0.3, 0.4) is 0 Å². The molecule has 0 aliphatic rings. The first-order valence-corrected chi connectivity index (χ1v) is 7.58. The molecule has 0 aliphatic heterocycles. The number of hydrogen-bond acceptors (Lipinski definition) is 5. The van der Waals surface area contributed by atoms with Gasteiger partial charge in [-0.15, -0.1) is 11.8 Å². The van der Waals surface area contributed by atoms with Gasteiger partial charge in [-0.25, -0.2) is 0 Å². The molecular formula is C11H20O2S3. The van der Waals surface area contributed by atoms with E-state index in [2.05, 4.69) is 0 Å². The Hall–Kier alpha value is 0.420. The van der Waals surface area contributed by atoms with Crippen molar-refractivity contribution in [2.45, 2.75) is 45.0 Å². The van der Waals surface area contributed by atoms with Gasteiger partial charge in [0, 0.05) is 6.61 Å². The maximum absolute atomic E-state index is 12.3. The van der Waals surface area contributed by atoms with Gasteiger partial charge in [-0.2, -0.15) is 0 Å². The van der Waals surface area contributed by atoms with Gasteiger partial charge in [0.15, 0.2) is 5.78 Å². The molecule has 0 rings (SSSR count). The van der Waals surface area contributed by atoms with Crippen molar-refractivity contribution in [3.05, 3.63) is 0 Å². The molecule has 0 radical (unpaired) electrons. The molecule has 5 heteroatoms. The van der Waals surface area contributed by atoms with Crippen molar-refractivity contribution in [1.82, 2.24) is 0 Å². The molecule has 0 atom stereocenters. The second kappa shape index (κ2) is 6.38. The maximum Gasteiger partial charge on any atom is 0.179 e. The van der Waals surface area contributed by atoms with Gasteiger partial charge in [-0.1, -0.05) is 24.0 Å². The molecule has 0 fully saturated rings. The van der Waals surface area contributed by atoms with Crippen molar-refractivity contribution in [2.24, 2.45) is 0 Å². The topological polar surface area (TPSA) is 26.3 Å². The number of carbonyl (C=O) groups is 1. The molecule has 0 amide bonds. The molecule has 0 spiro atoms. The minimum atomic E-state index is -0.751. The molecule has 0 bridgehead atoms. The number of thioether (sulfide) groups is 2. The van der Waals surface area contributed by atoms with E-state index in [1.165, 1.54) is 23.5 Å². The first-order valence-electron chi connectivity index (χ1n) is 5.13. The van der Waals surface area contributed by atoms with E-state index in [4.69, 9.17) is 17.0 Å². The zero-order valence-electron chi connectivity index (χ0n) is 10.7. The minimum absolute atomic E-state index is 0.0725. The van der Waals surface area contributed by atoms with Gasteiger partial charge < -0.3 is 4.74 Å². The summed E-state index contributed by atoms with van der Waals surface area (Å²) in [6.07, 6.45) is 1.92. The number of carbonyl (C=O) groups excluding carboxylic acids is 1. The Morgan fingerprint density at radius 2 is 1.81 bits per heavy atom. The fraction of sp³-hybridized carbons (Fsp3) is 0.818. The Bertz CT molecular complexity index is 272. The van der Waals surface area contributed by atoms with Crippen LogP contribution in [0.15, 0.2) is 0 Å². The van der Waals surface area contributed by atoms with Crippen LogP contribution in [0.4, 0.5) is 0 Å². The molecule has 0 aromatic carbocycles. The summed E-state index contributed by atoms with van der Waals surface area (Å²) in [4.78, 5) is 12.3. The van der Waals surface area contributed by atoms with Gasteiger partial charge in [0.05, 0.1) is 4.75 Å². The Morgan fingerprint density at radius 3 is 2.19 bits per heavy atom. The van der Waals surface area contributed by atoms with E-state index >= 15 is 0 Å². The quantitative estimate of drug-likeness (QED) is 0.718. The van der Waals surface area contributed by atoms with Gasteiger partial charge in [-0.05, 0) is 40.9 Å². The van der Waals surface area contributed by atoms with Gasteiger partial charge in [-0.3, -0.25) is 4.79 Å². The zero-order chi connectivity index (χ0) is 13.0. The summed E-state index contributed by atoms with van der Waals surface area (Å²) in [5.74, 6) is 0.0725. The predicted molar refractivity (Wildman–Crippen MR) is 78.5 cm³/mol. The van der Waals surface area contributed by atoms with Gasteiger partial charge in [0.1, 0.15) is 9.13 Å². The first kappa shape index (κ1) is 16.4. The number of Topliss-reactive ketones (excluding diaryl/α,β-unsaturated/α-hetero) is 1. The second-order valence-corrected chi connectivity index (χ2v) is 7.97. The molecule has 0 saturated carbocycles. The van der Waals surface area contributed by atoms with Gasteiger partial charge >= 0.3 is 0 Å². The molecule has 0 aromatic rings. The van der Waals surface area contributed by atoms with Crippen molar-refractivity contribution in [1.29, 1.82) is 0 Å². The Morgan fingerprint density at radius 1 is 1.31 bits per heavy atom. The summed E-state index contributed by atoms with van der Waals surface area (Å²) in [6.45, 7) is 9.83. The molecule has 94 valence electrons. The normalized spacial score (nSPS) is 12.6. The van der Waals surface area contributed by atoms with Crippen molar-refractivity contribution < 1.29 is 9.53 Å². The third-order valence-electron chi connectivity index (χ3n) is 2.10. The highest BCUT2D eigenvalue weighted by atomic mass is 32.2. The van der Waals surface area contributed by atoms with Crippen LogP contribution >= 0.6 is 35.7 Å². The van der Waals surface area contributed by atoms with E-state index in [9.17, 15) is 4.79 Å². The average Bonchev–Trinajstić information content (AvgIpc) is 2.15. The highest BCUT2D eigenvalue weighted by Crippen LogP contribution is 2.34. The van der Waals surface area contributed by atoms with Crippen molar-refractivity contribution >= 4 is 45.1 Å². The molecule has 2 nitrogen and oxygen atoms in total. The molecule has 0 N–H and O–H groups in total. The first-order chi connectivity index (χ1) is 7.17. The summed E-state index contributed by atoms with van der Waals surface area (Å²) in [6, 6.07) is 0. The predicted octanol–water partition coefficient (Wildman–Crippen LogP) is 3.53. The second-order valence-electron chi connectivity index (χ2n) is 4.34. The van der Waals surface area contributed by atoms with E-state index < -0.39 is 10.3 Å². The van der Waals surface area contributed by atoms with Crippen LogP contribution in [0.25, 0.3) is 0 Å². The van der Waals surface area contributed by atoms with Crippen LogP contribution in [-0.4, -0.2) is 32.5 Å². The lowest BCUT2D eigenvalue weighted by Crippen LogP contribution is -2.46. The average molecular weight is 280 g/mol. The summed E-state index contributed by atoms with van der Waals surface area (Å²) in [5.41, 5.74) is -0.751. The van der Waals surface area contributed by atoms with E-state index in [0.717, 1.165) is 3.53 Å². The molecule has 0 unspecified atom stereocenters. The van der Waals surface area contributed by atoms with Crippen LogP contribution in [0.5, 0.6) is 0 Å². The lowest BCUT2D eigenvalue weighted by molar-refractivity contribution is -0.141. The fourth-order valence-corrected chi connectivity index (χ4v) is 3.79. The van der Waals surface area contributed by atoms with Crippen molar-refractivity contribution in [3.8, 4) is 0 Å². The number of thiocarbonyl (C=S) groups is 1. The standard InChI is InChI=1S/C11H20O2S3/c1-7-13-10(2,3)8(12)11(4,5)16-9(14)15-6/h7H2,1-6H3. The molecule has 0 saturated heterocycles. The summed E-state index contributed by atoms with van der Waals surface area (Å²) in [5, 5.41) is 0. The lowest BCUT2D eigenvalue weighted by atomic mass is 9.93. The van der Waals surface area contributed by atoms with E-state index in [1.807, 2.05) is 40.9 Å².